The number of nitrogens with two attached hydrogens (primary N) is 1. The standard InChI is InChI=1S/C8H9N3OS/c9-4-5-13-7-3-1-2-6-8(7)11-12-10-6/h1-3H,4-5,9H2. The summed E-state index contributed by atoms with van der Waals surface area (Å²) in [5.41, 5.74) is 7.03. The molecule has 0 aliphatic heterocycles. The Kier molecular flexibility index (Phi) is 2.47. The predicted molar refractivity (Wildman–Crippen MR) is 51.6 cm³/mol. The summed E-state index contributed by atoms with van der Waals surface area (Å²) in [7, 11) is 0. The van der Waals surface area contributed by atoms with Crippen LogP contribution in [-0.2, 0) is 0 Å². The van der Waals surface area contributed by atoms with Crippen LogP contribution in [0.4, 0.5) is 0 Å². The van der Waals surface area contributed by atoms with Gasteiger partial charge >= 0.3 is 0 Å². The van der Waals surface area contributed by atoms with E-state index in [9.17, 15) is 0 Å². The summed E-state index contributed by atoms with van der Waals surface area (Å²) in [4.78, 5) is 1.07. The van der Waals surface area contributed by atoms with Gasteiger partial charge in [0.1, 0.15) is 11.0 Å². The van der Waals surface area contributed by atoms with Crippen molar-refractivity contribution in [2.75, 3.05) is 12.3 Å². The zero-order valence-corrected chi connectivity index (χ0v) is 7.75. The number of benzene rings is 1. The van der Waals surface area contributed by atoms with Crippen molar-refractivity contribution in [2.45, 2.75) is 4.90 Å². The maximum absolute atomic E-state index is 5.42. The van der Waals surface area contributed by atoms with E-state index in [0.717, 1.165) is 21.7 Å². The normalized spacial score (nSPS) is 10.8. The Labute approximate surface area is 79.4 Å². The summed E-state index contributed by atoms with van der Waals surface area (Å²) in [5.74, 6) is 0.881. The SMILES string of the molecule is NCCSc1cccc2nonc12. The van der Waals surface area contributed by atoms with Gasteiger partial charge in [0.15, 0.2) is 0 Å². The molecule has 5 heteroatoms. The molecule has 2 N–H and O–H groups in total. The van der Waals surface area contributed by atoms with Crippen LogP contribution in [0.2, 0.25) is 0 Å². The van der Waals surface area contributed by atoms with Crippen LogP contribution in [0.3, 0.4) is 0 Å². The molecule has 0 amide bonds. The van der Waals surface area contributed by atoms with E-state index in [-0.39, 0.29) is 0 Å². The highest BCUT2D eigenvalue weighted by Gasteiger charge is 2.05. The van der Waals surface area contributed by atoms with Crippen LogP contribution in [0.1, 0.15) is 0 Å². The Morgan fingerprint density at radius 3 is 3.15 bits per heavy atom. The van der Waals surface area contributed by atoms with Crippen LogP contribution in [0.5, 0.6) is 0 Å². The summed E-state index contributed by atoms with van der Waals surface area (Å²) in [6, 6.07) is 5.80. The third-order valence-electron chi connectivity index (χ3n) is 1.62. The third kappa shape index (κ3) is 1.66. The molecule has 1 aromatic carbocycles. The van der Waals surface area contributed by atoms with Gasteiger partial charge in [-0.3, -0.25) is 0 Å². The van der Waals surface area contributed by atoms with Gasteiger partial charge in [-0.15, -0.1) is 11.8 Å². The smallest absolute Gasteiger partial charge is 0.148 e. The van der Waals surface area contributed by atoms with E-state index in [1.807, 2.05) is 18.2 Å². The molecule has 2 aromatic rings. The van der Waals surface area contributed by atoms with Gasteiger partial charge in [-0.2, -0.15) is 0 Å². The lowest BCUT2D eigenvalue weighted by atomic mass is 10.3. The van der Waals surface area contributed by atoms with Gasteiger partial charge in [-0.25, -0.2) is 4.63 Å². The highest BCUT2D eigenvalue weighted by Crippen LogP contribution is 2.24. The molecule has 68 valence electrons. The van der Waals surface area contributed by atoms with E-state index in [2.05, 4.69) is 14.9 Å². The molecule has 13 heavy (non-hydrogen) atoms. The molecule has 0 saturated heterocycles. The van der Waals surface area contributed by atoms with Crippen molar-refractivity contribution in [3.8, 4) is 0 Å². The largest absolute Gasteiger partial charge is 0.330 e. The van der Waals surface area contributed by atoms with Gasteiger partial charge in [-0.1, -0.05) is 6.07 Å². The first kappa shape index (κ1) is 8.52. The Morgan fingerprint density at radius 1 is 1.38 bits per heavy atom. The van der Waals surface area contributed by atoms with Crippen LogP contribution in [-0.4, -0.2) is 22.6 Å². The van der Waals surface area contributed by atoms with E-state index in [1.54, 1.807) is 11.8 Å². The van der Waals surface area contributed by atoms with Gasteiger partial charge in [-0.05, 0) is 22.4 Å². The van der Waals surface area contributed by atoms with Crippen LogP contribution in [0.25, 0.3) is 11.0 Å². The van der Waals surface area contributed by atoms with Crippen molar-refractivity contribution in [1.29, 1.82) is 0 Å². The van der Waals surface area contributed by atoms with Crippen LogP contribution in [0, 0.1) is 0 Å². The molecule has 0 atom stereocenters. The van der Waals surface area contributed by atoms with Crippen LogP contribution < -0.4 is 5.73 Å². The molecule has 0 fully saturated rings. The number of nitrogens with zero attached hydrogens (tertiary/aromatic N) is 2. The van der Waals surface area contributed by atoms with E-state index >= 15 is 0 Å². The molecule has 2 rings (SSSR count). The Bertz CT molecular complexity index is 401. The Balaban J connectivity index is 2.37. The van der Waals surface area contributed by atoms with Crippen molar-refractivity contribution in [2.24, 2.45) is 5.73 Å². The van der Waals surface area contributed by atoms with Gasteiger partial charge in [0.2, 0.25) is 0 Å². The average Bonchev–Trinajstić information content (AvgIpc) is 2.62. The fraction of sp³-hybridized carbons (Fsp3) is 0.250. The van der Waals surface area contributed by atoms with Crippen molar-refractivity contribution in [1.82, 2.24) is 10.3 Å². The van der Waals surface area contributed by atoms with Crippen molar-refractivity contribution >= 4 is 22.8 Å². The summed E-state index contributed by atoms with van der Waals surface area (Å²) >= 11 is 1.67. The number of thioether (sulfide) groups is 1. The lowest BCUT2D eigenvalue weighted by Crippen LogP contribution is -2.00. The fourth-order valence-electron chi connectivity index (χ4n) is 1.07. The molecule has 0 unspecified atom stereocenters. The number of rotatable bonds is 3. The highest BCUT2D eigenvalue weighted by atomic mass is 32.2. The topological polar surface area (TPSA) is 64.9 Å². The van der Waals surface area contributed by atoms with Gasteiger partial charge in [0, 0.05) is 17.2 Å². The minimum atomic E-state index is 0.659. The monoisotopic (exact) mass is 195 g/mol. The molecule has 0 saturated carbocycles. The first-order valence-corrected chi connectivity index (χ1v) is 4.94. The molecule has 0 bridgehead atoms. The molecule has 1 aromatic heterocycles. The molecule has 0 spiro atoms. The van der Waals surface area contributed by atoms with Crippen molar-refractivity contribution in [3.63, 3.8) is 0 Å². The minimum absolute atomic E-state index is 0.659. The van der Waals surface area contributed by atoms with E-state index in [1.165, 1.54) is 0 Å². The second-order valence-electron chi connectivity index (χ2n) is 2.53. The van der Waals surface area contributed by atoms with Gasteiger partial charge < -0.3 is 5.73 Å². The van der Waals surface area contributed by atoms with E-state index in [4.69, 9.17) is 5.73 Å². The quantitative estimate of drug-likeness (QED) is 0.747. The fourth-order valence-corrected chi connectivity index (χ4v) is 1.86. The number of hydrogen-bond acceptors (Lipinski definition) is 5. The molecular formula is C8H9N3OS. The lowest BCUT2D eigenvalue weighted by molar-refractivity contribution is 0.315. The summed E-state index contributed by atoms with van der Waals surface area (Å²) in [6.45, 7) is 0.659. The van der Waals surface area contributed by atoms with Crippen LogP contribution in [0.15, 0.2) is 27.7 Å². The maximum Gasteiger partial charge on any atom is 0.148 e. The average molecular weight is 195 g/mol. The third-order valence-corrected chi connectivity index (χ3v) is 2.70. The zero-order chi connectivity index (χ0) is 9.10. The Hall–Kier alpha value is -1.07. The molecular weight excluding hydrogens is 186 g/mol. The number of fused-ring (bicyclic) bond motifs is 1. The first-order chi connectivity index (χ1) is 6.42. The van der Waals surface area contributed by atoms with E-state index < -0.39 is 0 Å². The minimum Gasteiger partial charge on any atom is -0.330 e. The van der Waals surface area contributed by atoms with Crippen molar-refractivity contribution in [3.05, 3.63) is 18.2 Å². The molecule has 0 aliphatic rings. The molecule has 4 nitrogen and oxygen atoms in total. The summed E-state index contributed by atoms with van der Waals surface area (Å²) in [6.07, 6.45) is 0. The van der Waals surface area contributed by atoms with Gasteiger partial charge in [0.25, 0.3) is 0 Å². The van der Waals surface area contributed by atoms with Crippen molar-refractivity contribution < 1.29 is 4.63 Å². The second-order valence-corrected chi connectivity index (χ2v) is 3.66. The highest BCUT2D eigenvalue weighted by molar-refractivity contribution is 7.99. The molecule has 0 radical (unpaired) electrons. The second kappa shape index (κ2) is 3.76. The van der Waals surface area contributed by atoms with Crippen LogP contribution >= 0.6 is 11.8 Å². The summed E-state index contributed by atoms with van der Waals surface area (Å²) < 4.78 is 4.64. The molecule has 0 aliphatic carbocycles. The number of aromatic nitrogens is 2. The lowest BCUT2D eigenvalue weighted by Gasteiger charge is -1.97. The maximum atomic E-state index is 5.42. The zero-order valence-electron chi connectivity index (χ0n) is 6.93. The first-order valence-electron chi connectivity index (χ1n) is 3.96. The van der Waals surface area contributed by atoms with Gasteiger partial charge in [0.05, 0.1) is 0 Å². The Morgan fingerprint density at radius 2 is 2.31 bits per heavy atom. The predicted octanol–water partition coefficient (Wildman–Crippen LogP) is 1.27. The summed E-state index contributed by atoms with van der Waals surface area (Å²) in [5, 5.41) is 7.58. The molecule has 1 heterocycles. The van der Waals surface area contributed by atoms with E-state index in [0.29, 0.717) is 6.54 Å². The number of hydrogen-bond donors (Lipinski definition) is 1.